The molecule has 3 saturated carbocycles. The third-order valence-corrected chi connectivity index (χ3v) is 5.13. The first-order valence-electron chi connectivity index (χ1n) is 5.74. The SMILES string of the molecule is CC1CCC23CC(=O)CC2CCC13. The summed E-state index contributed by atoms with van der Waals surface area (Å²) in [6, 6.07) is 0. The van der Waals surface area contributed by atoms with Crippen molar-refractivity contribution in [3.05, 3.63) is 0 Å². The molecule has 72 valence electrons. The molecule has 0 aromatic rings. The lowest BCUT2D eigenvalue weighted by Crippen LogP contribution is -2.24. The largest absolute Gasteiger partial charge is 0.300 e. The van der Waals surface area contributed by atoms with Crippen LogP contribution in [0.3, 0.4) is 0 Å². The van der Waals surface area contributed by atoms with Crippen LogP contribution < -0.4 is 0 Å². The van der Waals surface area contributed by atoms with Crippen LogP contribution in [0, 0.1) is 23.2 Å². The van der Waals surface area contributed by atoms with Gasteiger partial charge in [-0.1, -0.05) is 6.92 Å². The molecule has 1 heteroatoms. The van der Waals surface area contributed by atoms with Crippen molar-refractivity contribution in [2.24, 2.45) is 23.2 Å². The number of hydrogen-bond donors (Lipinski definition) is 0. The van der Waals surface area contributed by atoms with Crippen LogP contribution in [0.2, 0.25) is 0 Å². The molecule has 13 heavy (non-hydrogen) atoms. The molecule has 4 unspecified atom stereocenters. The Bertz CT molecular complexity index is 258. The molecular weight excluding hydrogens is 160 g/mol. The predicted octanol–water partition coefficient (Wildman–Crippen LogP) is 2.79. The minimum absolute atomic E-state index is 0.510. The number of hydrogen-bond acceptors (Lipinski definition) is 1. The molecule has 0 aromatic heterocycles. The molecule has 0 aromatic carbocycles. The minimum Gasteiger partial charge on any atom is -0.300 e. The second-order valence-corrected chi connectivity index (χ2v) is 5.55. The molecule has 3 aliphatic carbocycles. The standard InChI is InChI=1S/C12H18O/c1-8-4-5-12-7-10(13)6-9(12)2-3-11(8)12/h8-9,11H,2-7H2,1H3. The number of carbonyl (C=O) groups excluding carboxylic acids is 1. The van der Waals surface area contributed by atoms with E-state index in [4.69, 9.17) is 0 Å². The highest BCUT2D eigenvalue weighted by Gasteiger charge is 2.59. The van der Waals surface area contributed by atoms with Crippen molar-refractivity contribution in [2.45, 2.75) is 45.4 Å². The van der Waals surface area contributed by atoms with Gasteiger partial charge in [0.05, 0.1) is 0 Å². The summed E-state index contributed by atoms with van der Waals surface area (Å²) in [6.07, 6.45) is 7.36. The van der Waals surface area contributed by atoms with Gasteiger partial charge in [-0.3, -0.25) is 4.79 Å². The van der Waals surface area contributed by atoms with Gasteiger partial charge in [-0.05, 0) is 48.9 Å². The average Bonchev–Trinajstić information content (AvgIpc) is 2.62. The molecule has 3 fully saturated rings. The van der Waals surface area contributed by atoms with Crippen LogP contribution in [0.25, 0.3) is 0 Å². The molecule has 3 rings (SSSR count). The van der Waals surface area contributed by atoms with Crippen molar-refractivity contribution < 1.29 is 4.79 Å². The van der Waals surface area contributed by atoms with Crippen LogP contribution in [0.5, 0.6) is 0 Å². The highest BCUT2D eigenvalue weighted by molar-refractivity contribution is 5.82. The normalized spacial score (nSPS) is 53.9. The topological polar surface area (TPSA) is 17.1 Å². The summed E-state index contributed by atoms with van der Waals surface area (Å²) in [6.45, 7) is 2.39. The third-order valence-electron chi connectivity index (χ3n) is 5.13. The van der Waals surface area contributed by atoms with E-state index in [1.807, 2.05) is 0 Å². The van der Waals surface area contributed by atoms with Gasteiger partial charge in [0.15, 0.2) is 0 Å². The van der Waals surface area contributed by atoms with Crippen LogP contribution in [0.15, 0.2) is 0 Å². The Morgan fingerprint density at radius 2 is 2.15 bits per heavy atom. The lowest BCUT2D eigenvalue weighted by molar-refractivity contribution is -0.118. The molecule has 3 aliphatic rings. The van der Waals surface area contributed by atoms with Gasteiger partial charge < -0.3 is 0 Å². The number of carbonyl (C=O) groups is 1. The molecule has 0 N–H and O–H groups in total. The Kier molecular flexibility index (Phi) is 1.46. The zero-order valence-electron chi connectivity index (χ0n) is 8.38. The lowest BCUT2D eigenvalue weighted by atomic mass is 9.74. The fourth-order valence-corrected chi connectivity index (χ4v) is 4.58. The third kappa shape index (κ3) is 0.858. The molecule has 0 heterocycles. The van der Waals surface area contributed by atoms with Crippen molar-refractivity contribution >= 4 is 5.78 Å². The maximum Gasteiger partial charge on any atom is 0.133 e. The van der Waals surface area contributed by atoms with Gasteiger partial charge in [-0.15, -0.1) is 0 Å². The first-order valence-corrected chi connectivity index (χ1v) is 5.74. The van der Waals surface area contributed by atoms with Gasteiger partial charge >= 0.3 is 0 Å². The quantitative estimate of drug-likeness (QED) is 0.557. The molecule has 0 amide bonds. The van der Waals surface area contributed by atoms with Crippen molar-refractivity contribution in [1.29, 1.82) is 0 Å². The predicted molar refractivity (Wildman–Crippen MR) is 51.3 cm³/mol. The maximum atomic E-state index is 11.5. The van der Waals surface area contributed by atoms with E-state index >= 15 is 0 Å². The summed E-state index contributed by atoms with van der Waals surface area (Å²) in [5.41, 5.74) is 0.510. The highest BCUT2D eigenvalue weighted by atomic mass is 16.1. The van der Waals surface area contributed by atoms with Crippen molar-refractivity contribution in [3.63, 3.8) is 0 Å². The maximum absolute atomic E-state index is 11.5. The molecule has 0 radical (unpaired) electrons. The van der Waals surface area contributed by atoms with Gasteiger partial charge in [0.25, 0.3) is 0 Å². The number of Topliss-reactive ketones (excluding diaryl/α,β-unsaturated/α-hetero) is 1. The second-order valence-electron chi connectivity index (χ2n) is 5.55. The highest BCUT2D eigenvalue weighted by Crippen LogP contribution is 2.65. The van der Waals surface area contributed by atoms with E-state index in [1.165, 1.54) is 25.7 Å². The summed E-state index contributed by atoms with van der Waals surface area (Å²) in [4.78, 5) is 11.5. The Labute approximate surface area is 79.9 Å². The Morgan fingerprint density at radius 1 is 1.31 bits per heavy atom. The van der Waals surface area contributed by atoms with Gasteiger partial charge in [0, 0.05) is 12.8 Å². The zero-order chi connectivity index (χ0) is 9.05. The van der Waals surface area contributed by atoms with Crippen molar-refractivity contribution in [2.75, 3.05) is 0 Å². The fraction of sp³-hybridized carbons (Fsp3) is 0.917. The van der Waals surface area contributed by atoms with E-state index in [2.05, 4.69) is 6.92 Å². The number of rotatable bonds is 0. The Hall–Kier alpha value is -0.330. The van der Waals surface area contributed by atoms with Crippen molar-refractivity contribution in [1.82, 2.24) is 0 Å². The summed E-state index contributed by atoms with van der Waals surface area (Å²) in [5, 5.41) is 0. The van der Waals surface area contributed by atoms with E-state index in [9.17, 15) is 4.79 Å². The van der Waals surface area contributed by atoms with Crippen molar-refractivity contribution in [3.8, 4) is 0 Å². The van der Waals surface area contributed by atoms with Crippen LogP contribution in [-0.2, 0) is 4.79 Å². The average molecular weight is 178 g/mol. The van der Waals surface area contributed by atoms with E-state index < -0.39 is 0 Å². The van der Waals surface area contributed by atoms with Crippen LogP contribution in [-0.4, -0.2) is 5.78 Å². The van der Waals surface area contributed by atoms with Gasteiger partial charge in [-0.2, -0.15) is 0 Å². The van der Waals surface area contributed by atoms with Gasteiger partial charge in [0.1, 0.15) is 5.78 Å². The molecule has 0 bridgehead atoms. The van der Waals surface area contributed by atoms with E-state index in [0.29, 0.717) is 11.2 Å². The molecule has 1 nitrogen and oxygen atoms in total. The fourth-order valence-electron chi connectivity index (χ4n) is 4.58. The zero-order valence-corrected chi connectivity index (χ0v) is 8.38. The minimum atomic E-state index is 0.510. The molecular formula is C12H18O. The second kappa shape index (κ2) is 2.37. The monoisotopic (exact) mass is 178 g/mol. The summed E-state index contributed by atoms with van der Waals surface area (Å²) >= 11 is 0. The molecule has 1 spiro atoms. The van der Waals surface area contributed by atoms with E-state index in [1.54, 1.807) is 0 Å². The Morgan fingerprint density at radius 3 is 3.00 bits per heavy atom. The Balaban J connectivity index is 1.98. The number of ketones is 1. The smallest absolute Gasteiger partial charge is 0.133 e. The van der Waals surface area contributed by atoms with Crippen LogP contribution >= 0.6 is 0 Å². The molecule has 0 aliphatic heterocycles. The first-order chi connectivity index (χ1) is 6.22. The molecule has 4 atom stereocenters. The summed E-state index contributed by atoms with van der Waals surface area (Å²) in [5.74, 6) is 3.15. The summed E-state index contributed by atoms with van der Waals surface area (Å²) in [7, 11) is 0. The van der Waals surface area contributed by atoms with E-state index in [-0.39, 0.29) is 0 Å². The van der Waals surface area contributed by atoms with Crippen LogP contribution in [0.1, 0.15) is 45.4 Å². The lowest BCUT2D eigenvalue weighted by Gasteiger charge is -2.29. The van der Waals surface area contributed by atoms with Gasteiger partial charge in [-0.25, -0.2) is 0 Å². The van der Waals surface area contributed by atoms with Gasteiger partial charge in [0.2, 0.25) is 0 Å². The summed E-state index contributed by atoms with van der Waals surface area (Å²) < 4.78 is 0. The van der Waals surface area contributed by atoms with Crippen LogP contribution in [0.4, 0.5) is 0 Å². The van der Waals surface area contributed by atoms with E-state index in [0.717, 1.165) is 30.6 Å². The molecule has 0 saturated heterocycles. The first kappa shape index (κ1) is 8.02.